The van der Waals surface area contributed by atoms with E-state index in [0.29, 0.717) is 25.5 Å². The van der Waals surface area contributed by atoms with E-state index in [-0.39, 0.29) is 57.0 Å². The molecule has 0 fully saturated rings. The third kappa shape index (κ3) is 16.8. The zero-order chi connectivity index (χ0) is 33.5. The van der Waals surface area contributed by atoms with Gasteiger partial charge in [-0.2, -0.15) is 0 Å². The Hall–Kier alpha value is -4.49. The Morgan fingerprint density at radius 1 is 0.800 bits per heavy atom. The molecule has 1 aromatic rings. The first-order valence-electron chi connectivity index (χ1n) is 14.2. The smallest absolute Gasteiger partial charge is 0.253 e. The van der Waals surface area contributed by atoms with Gasteiger partial charge in [-0.15, -0.1) is 9.24 Å². The van der Waals surface area contributed by atoms with Crippen molar-refractivity contribution in [3.8, 4) is 0 Å². The minimum Gasteiger partial charge on any atom is -0.354 e. The predicted molar refractivity (Wildman–Crippen MR) is 166 cm³/mol. The molecule has 0 aromatic heterocycles. The van der Waals surface area contributed by atoms with E-state index < -0.39 is 42.8 Å². The summed E-state index contributed by atoms with van der Waals surface area (Å²) in [7, 11) is 2.42. The van der Waals surface area contributed by atoms with Crippen molar-refractivity contribution in [2.24, 2.45) is 0 Å². The zero-order valence-corrected chi connectivity index (χ0v) is 26.3. The molecule has 15 nitrogen and oxygen atoms in total. The maximum absolute atomic E-state index is 12.7. The molecule has 0 saturated carbocycles. The van der Waals surface area contributed by atoms with Crippen molar-refractivity contribution in [1.29, 1.82) is 0 Å². The Bertz CT molecular complexity index is 1180. The third-order valence-electron chi connectivity index (χ3n) is 5.99. The number of hydrogen-bond acceptors (Lipinski definition) is 9. The maximum atomic E-state index is 12.7. The molecule has 45 heavy (non-hydrogen) atoms. The molecule has 2 unspecified atom stereocenters. The van der Waals surface area contributed by atoms with Crippen molar-refractivity contribution in [2.75, 3.05) is 46.2 Å². The van der Waals surface area contributed by atoms with Crippen molar-refractivity contribution < 1.29 is 43.1 Å². The number of hydrogen-bond donors (Lipinski definition) is 5. The van der Waals surface area contributed by atoms with Crippen molar-refractivity contribution in [1.82, 2.24) is 31.5 Å². The predicted octanol–water partition coefficient (Wildman–Crippen LogP) is -1.67. The molecule has 246 valence electrons. The van der Waals surface area contributed by atoms with Gasteiger partial charge in [-0.1, -0.05) is 43.4 Å². The fourth-order valence-corrected chi connectivity index (χ4v) is 3.79. The second kappa shape index (κ2) is 23.0. The molecular formula is C29H41N6O9P. The average molecular weight is 649 g/mol. The summed E-state index contributed by atoms with van der Waals surface area (Å²) in [5, 5.41) is 12.1. The third-order valence-corrected chi connectivity index (χ3v) is 5.99. The fraction of sp³-hybridized carbons (Fsp3) is 0.448. The Morgan fingerprint density at radius 2 is 1.40 bits per heavy atom. The largest absolute Gasteiger partial charge is 0.354 e. The average Bonchev–Trinajstić information content (AvgIpc) is 3.37. The van der Waals surface area contributed by atoms with Crippen molar-refractivity contribution in [3.63, 3.8) is 0 Å². The highest BCUT2D eigenvalue weighted by Gasteiger charge is 2.23. The van der Waals surface area contributed by atoms with E-state index in [1.165, 1.54) is 12.2 Å². The minimum absolute atomic E-state index is 0.119. The van der Waals surface area contributed by atoms with Gasteiger partial charge in [0.2, 0.25) is 29.5 Å². The lowest BCUT2D eigenvalue weighted by Gasteiger charge is -2.19. The maximum Gasteiger partial charge on any atom is 0.253 e. The summed E-state index contributed by atoms with van der Waals surface area (Å²) in [6, 6.07) is 7.81. The first-order chi connectivity index (χ1) is 21.7. The minimum atomic E-state index is -1.05. The topological polar surface area (TPSA) is 209 Å². The number of carbonyl (C=O) groups excluding carboxylic acids is 8. The Kier molecular flexibility index (Phi) is 19.7. The van der Waals surface area contributed by atoms with Crippen LogP contribution >= 0.6 is 9.24 Å². The van der Waals surface area contributed by atoms with E-state index in [9.17, 15) is 38.4 Å². The van der Waals surface area contributed by atoms with Gasteiger partial charge in [0.05, 0.1) is 19.6 Å². The van der Waals surface area contributed by atoms with Gasteiger partial charge in [0, 0.05) is 31.5 Å². The summed E-state index contributed by atoms with van der Waals surface area (Å²) in [4.78, 5) is 95.6. The van der Waals surface area contributed by atoms with Crippen LogP contribution in [0.25, 0.3) is 0 Å². The zero-order valence-electron chi connectivity index (χ0n) is 25.2. The molecule has 5 N–H and O–H groups in total. The van der Waals surface area contributed by atoms with Crippen molar-refractivity contribution in [3.05, 3.63) is 48.0 Å². The second-order valence-corrected chi connectivity index (χ2v) is 9.33. The summed E-state index contributed by atoms with van der Waals surface area (Å²) in [5.74, 6) is -3.53. The van der Waals surface area contributed by atoms with Crippen molar-refractivity contribution in [2.45, 2.75) is 38.1 Å². The highest BCUT2D eigenvalue weighted by Crippen LogP contribution is 2.08. The molecule has 0 bridgehead atoms. The first-order valence-corrected chi connectivity index (χ1v) is 15.4. The van der Waals surface area contributed by atoms with Crippen LogP contribution in [0, 0.1) is 0 Å². The summed E-state index contributed by atoms with van der Waals surface area (Å²) < 4.78 is 4.81. The van der Waals surface area contributed by atoms with Gasteiger partial charge in [-0.25, -0.2) is 0 Å². The highest BCUT2D eigenvalue weighted by molar-refractivity contribution is 7.15. The summed E-state index contributed by atoms with van der Waals surface area (Å²) in [6.07, 6.45) is 4.88. The summed E-state index contributed by atoms with van der Waals surface area (Å²) >= 11 is 0. The van der Waals surface area contributed by atoms with E-state index in [1.54, 1.807) is 30.3 Å². The van der Waals surface area contributed by atoms with Crippen LogP contribution in [-0.2, 0) is 49.5 Å². The van der Waals surface area contributed by atoms with Crippen molar-refractivity contribution >= 4 is 56.9 Å². The van der Waals surface area contributed by atoms with Crippen LogP contribution < -0.4 is 26.6 Å². The lowest BCUT2D eigenvalue weighted by Crippen LogP contribution is -2.52. The van der Waals surface area contributed by atoms with Crippen LogP contribution in [0.3, 0.4) is 0 Å². The SMILES string of the molecule is CP.O=CCOCNC(=O)CNC(=O)C(Cc1ccccc1)NC(=O)CNC(=O)CNC(=O)CCCCCN1C(=O)C=CC1=O. The van der Waals surface area contributed by atoms with Gasteiger partial charge >= 0.3 is 0 Å². The van der Waals surface area contributed by atoms with E-state index in [1.807, 2.05) is 6.66 Å². The number of ether oxygens (including phenoxy) is 1. The molecule has 0 spiro atoms. The summed E-state index contributed by atoms with van der Waals surface area (Å²) in [5.41, 5.74) is 0.747. The number of nitrogens with one attached hydrogen (secondary N) is 5. The van der Waals surface area contributed by atoms with E-state index >= 15 is 0 Å². The lowest BCUT2D eigenvalue weighted by atomic mass is 10.1. The summed E-state index contributed by atoms with van der Waals surface area (Å²) in [6.45, 7) is 0.600. The molecular weight excluding hydrogens is 607 g/mol. The number of amides is 7. The molecule has 7 amide bonds. The van der Waals surface area contributed by atoms with Gasteiger partial charge < -0.3 is 36.1 Å². The quantitative estimate of drug-likeness (QED) is 0.0359. The van der Waals surface area contributed by atoms with Crippen LogP contribution in [0.2, 0.25) is 0 Å². The van der Waals surface area contributed by atoms with Gasteiger partial charge in [-0.05, 0) is 18.4 Å². The molecule has 2 rings (SSSR count). The van der Waals surface area contributed by atoms with Crippen LogP contribution in [-0.4, -0.2) is 105 Å². The molecule has 1 aliphatic heterocycles. The normalized spacial score (nSPS) is 12.4. The molecule has 2 atom stereocenters. The number of carbonyl (C=O) groups is 8. The lowest BCUT2D eigenvalue weighted by molar-refractivity contribution is -0.137. The number of rotatable bonds is 20. The van der Waals surface area contributed by atoms with E-state index in [4.69, 9.17) is 4.74 Å². The highest BCUT2D eigenvalue weighted by atomic mass is 31.0. The molecule has 0 saturated heterocycles. The number of imide groups is 1. The van der Waals surface area contributed by atoms with E-state index in [2.05, 4.69) is 35.8 Å². The standard InChI is InChI=1S/C28H36N6O9.CH5P/c35-13-14-43-19-32-24(38)17-31-28(42)21(15-20-7-3-1-4-8-20)33-25(39)18-30-23(37)16-29-22(36)9-5-2-6-12-34-26(40)10-11-27(34)41;1-2/h1,3-4,7-8,10-11,13,21H,2,5-6,9,12,14-19H2,(H,29,36)(H,30,37)(H,31,42)(H,32,38)(H,33,39);2H2,1H3. The van der Waals surface area contributed by atoms with Crippen LogP contribution in [0.4, 0.5) is 0 Å². The molecule has 1 aromatic carbocycles. The first kappa shape index (κ1) is 38.5. The molecule has 0 aliphatic carbocycles. The Balaban J connectivity index is 0.00000496. The number of aldehydes is 1. The van der Waals surface area contributed by atoms with Crippen LogP contribution in [0.5, 0.6) is 0 Å². The molecule has 16 heteroatoms. The number of unbranched alkanes of at least 4 members (excludes halogenated alkanes) is 2. The number of nitrogens with zero attached hydrogens (tertiary/aromatic N) is 1. The molecule has 0 radical (unpaired) electrons. The van der Waals surface area contributed by atoms with Gasteiger partial charge in [0.25, 0.3) is 11.8 Å². The van der Waals surface area contributed by atoms with Crippen LogP contribution in [0.1, 0.15) is 31.2 Å². The Morgan fingerprint density at radius 3 is 2.07 bits per heavy atom. The monoisotopic (exact) mass is 648 g/mol. The second-order valence-electron chi connectivity index (χ2n) is 9.33. The number of benzene rings is 1. The van der Waals surface area contributed by atoms with Gasteiger partial charge in [0.1, 0.15) is 25.7 Å². The Labute approximate surface area is 263 Å². The van der Waals surface area contributed by atoms with Gasteiger partial charge in [0.15, 0.2) is 0 Å². The van der Waals surface area contributed by atoms with Gasteiger partial charge in [-0.3, -0.25) is 38.5 Å². The van der Waals surface area contributed by atoms with E-state index in [0.717, 1.165) is 10.5 Å². The molecule has 1 heterocycles. The van der Waals surface area contributed by atoms with Crippen LogP contribution in [0.15, 0.2) is 42.5 Å². The molecule has 1 aliphatic rings. The fourth-order valence-electron chi connectivity index (χ4n) is 3.79.